The van der Waals surface area contributed by atoms with Gasteiger partial charge in [-0.25, -0.2) is 4.79 Å². The molecular weight excluding hydrogens is 739 g/mol. The third-order valence-electron chi connectivity index (χ3n) is 9.84. The van der Waals surface area contributed by atoms with E-state index in [1.165, 1.54) is 23.1 Å². The molecule has 5 aromatic rings. The summed E-state index contributed by atoms with van der Waals surface area (Å²) in [6, 6.07) is 33.7. The Kier molecular flexibility index (Phi) is 12.9. The van der Waals surface area contributed by atoms with Gasteiger partial charge in [0.05, 0.1) is 17.4 Å². The Labute approximate surface area is 337 Å². The highest BCUT2D eigenvalue weighted by atomic mass is 32.2. The van der Waals surface area contributed by atoms with Crippen molar-refractivity contribution in [3.63, 3.8) is 0 Å². The van der Waals surface area contributed by atoms with Crippen LogP contribution in [0.2, 0.25) is 0 Å². The first-order chi connectivity index (χ1) is 26.9. The van der Waals surface area contributed by atoms with Crippen LogP contribution in [0, 0.1) is 11.3 Å². The van der Waals surface area contributed by atoms with Gasteiger partial charge in [-0.3, -0.25) is 14.4 Å². The smallest absolute Gasteiger partial charge is 0.341 e. The molecule has 1 heterocycles. The number of fused-ring (bicyclic) bond motifs is 1. The summed E-state index contributed by atoms with van der Waals surface area (Å²) in [5, 5.41) is 8.78. The molecule has 0 fully saturated rings. The SMILES string of the molecule is CCOC(=O)c1c(NC(=O)C(C)Sc2cccc(NC(=O)/C(=C\c3ccc(-c4ccccc4)cc3)NC(=O)c3ccccc3)c2)sc2c1CCC(C(C)(C)C)C2. The number of hydrogen-bond donors (Lipinski definition) is 3. The molecule has 10 heteroatoms. The van der Waals surface area contributed by atoms with Crippen molar-refractivity contribution >= 4 is 63.6 Å². The predicted molar refractivity (Wildman–Crippen MR) is 228 cm³/mol. The average molecular weight is 786 g/mol. The van der Waals surface area contributed by atoms with E-state index in [1.807, 2.05) is 73.7 Å². The molecule has 8 nitrogen and oxygen atoms in total. The fourth-order valence-electron chi connectivity index (χ4n) is 6.66. The van der Waals surface area contributed by atoms with E-state index in [0.29, 0.717) is 27.7 Å². The fraction of sp³-hybridized carbons (Fsp3) is 0.261. The van der Waals surface area contributed by atoms with Crippen LogP contribution in [0.5, 0.6) is 0 Å². The standard InChI is InChI=1S/C46H47N3O5S2/c1-6-54-45(53)40-37-25-24-34(46(3,4)5)27-39(37)56-44(40)49-41(50)29(2)55-36-19-13-18-35(28-36)47-43(52)38(48-42(51)33-16-11-8-12-17-33)26-30-20-22-32(23-21-30)31-14-9-7-10-15-31/h7-23,26,28-29,34H,6,24-25,27H2,1-5H3,(H,47,52)(H,48,51)(H,49,50)/b38-26+. The summed E-state index contributed by atoms with van der Waals surface area (Å²) in [5.41, 5.74) is 5.43. The Morgan fingerprint density at radius 3 is 2.23 bits per heavy atom. The van der Waals surface area contributed by atoms with E-state index >= 15 is 0 Å². The summed E-state index contributed by atoms with van der Waals surface area (Å²) in [7, 11) is 0. The van der Waals surface area contributed by atoms with Crippen LogP contribution < -0.4 is 16.0 Å². The van der Waals surface area contributed by atoms with Gasteiger partial charge in [0.1, 0.15) is 10.7 Å². The van der Waals surface area contributed by atoms with Gasteiger partial charge in [0.15, 0.2) is 0 Å². The van der Waals surface area contributed by atoms with Crippen LogP contribution in [-0.4, -0.2) is 35.5 Å². The van der Waals surface area contributed by atoms with Crippen LogP contribution in [0.4, 0.5) is 10.7 Å². The van der Waals surface area contributed by atoms with E-state index in [9.17, 15) is 19.2 Å². The maximum atomic E-state index is 13.8. The monoisotopic (exact) mass is 785 g/mol. The largest absolute Gasteiger partial charge is 0.462 e. The predicted octanol–water partition coefficient (Wildman–Crippen LogP) is 10.3. The van der Waals surface area contributed by atoms with Crippen molar-refractivity contribution < 1.29 is 23.9 Å². The van der Waals surface area contributed by atoms with Crippen molar-refractivity contribution in [2.24, 2.45) is 11.3 Å². The van der Waals surface area contributed by atoms with Crippen LogP contribution in [0.15, 0.2) is 120 Å². The van der Waals surface area contributed by atoms with Gasteiger partial charge in [-0.2, -0.15) is 0 Å². The molecule has 0 saturated carbocycles. The maximum absolute atomic E-state index is 13.8. The van der Waals surface area contributed by atoms with Crippen LogP contribution in [0.3, 0.4) is 0 Å². The van der Waals surface area contributed by atoms with Crippen molar-refractivity contribution in [3.8, 4) is 11.1 Å². The number of benzene rings is 4. The number of hydrogen-bond acceptors (Lipinski definition) is 7. The number of nitrogens with one attached hydrogen (secondary N) is 3. The molecule has 0 aliphatic heterocycles. The number of ether oxygens (including phenoxy) is 1. The highest BCUT2D eigenvalue weighted by molar-refractivity contribution is 8.00. The minimum absolute atomic E-state index is 0.0713. The summed E-state index contributed by atoms with van der Waals surface area (Å²) >= 11 is 2.81. The van der Waals surface area contributed by atoms with E-state index in [0.717, 1.165) is 51.3 Å². The molecule has 4 aromatic carbocycles. The number of thioether (sulfide) groups is 1. The Hall–Kier alpha value is -5.45. The molecule has 2 unspecified atom stereocenters. The van der Waals surface area contributed by atoms with Crippen molar-refractivity contribution in [2.75, 3.05) is 17.2 Å². The lowest BCUT2D eigenvalue weighted by molar-refractivity contribution is -0.115. The Balaban J connectivity index is 1.17. The zero-order chi connectivity index (χ0) is 39.8. The zero-order valence-corrected chi connectivity index (χ0v) is 33.9. The van der Waals surface area contributed by atoms with Gasteiger partial charge in [0.2, 0.25) is 5.91 Å². The van der Waals surface area contributed by atoms with Crippen molar-refractivity contribution in [3.05, 3.63) is 142 Å². The molecule has 0 radical (unpaired) electrons. The van der Waals surface area contributed by atoms with Gasteiger partial charge < -0.3 is 20.7 Å². The second kappa shape index (κ2) is 18.0. The Morgan fingerprint density at radius 1 is 0.875 bits per heavy atom. The average Bonchev–Trinajstić information content (AvgIpc) is 3.55. The second-order valence-corrected chi connectivity index (χ2v) is 17.4. The highest BCUT2D eigenvalue weighted by Crippen LogP contribution is 2.45. The molecule has 1 aromatic heterocycles. The van der Waals surface area contributed by atoms with Gasteiger partial charge in [-0.05, 0) is 103 Å². The zero-order valence-electron chi connectivity index (χ0n) is 32.3. The summed E-state index contributed by atoms with van der Waals surface area (Å²) in [4.78, 5) is 55.7. The first-order valence-electron chi connectivity index (χ1n) is 18.8. The lowest BCUT2D eigenvalue weighted by Gasteiger charge is -2.33. The summed E-state index contributed by atoms with van der Waals surface area (Å²) in [5.74, 6) is -1.09. The minimum atomic E-state index is -0.531. The number of esters is 1. The quantitative estimate of drug-likeness (QED) is 0.0659. The third-order valence-corrected chi connectivity index (χ3v) is 12.1. The van der Waals surface area contributed by atoms with E-state index in [4.69, 9.17) is 4.74 Å². The maximum Gasteiger partial charge on any atom is 0.341 e. The lowest BCUT2D eigenvalue weighted by atomic mass is 9.72. The molecule has 2 atom stereocenters. The molecule has 288 valence electrons. The Bertz CT molecular complexity index is 2220. The molecular formula is C46H47N3O5S2. The lowest BCUT2D eigenvalue weighted by Crippen LogP contribution is -2.30. The molecule has 1 aliphatic rings. The molecule has 3 amide bonds. The van der Waals surface area contributed by atoms with Crippen LogP contribution >= 0.6 is 23.1 Å². The number of carbonyl (C=O) groups is 4. The molecule has 0 saturated heterocycles. The number of rotatable bonds is 12. The molecule has 0 spiro atoms. The normalized spacial score (nSPS) is 14.6. The number of amides is 3. The van der Waals surface area contributed by atoms with Crippen molar-refractivity contribution in [2.45, 2.75) is 64.0 Å². The van der Waals surface area contributed by atoms with Crippen LogP contribution in [-0.2, 0) is 27.2 Å². The second-order valence-electron chi connectivity index (χ2n) is 14.8. The fourth-order valence-corrected chi connectivity index (χ4v) is 8.91. The Morgan fingerprint density at radius 2 is 1.55 bits per heavy atom. The molecule has 0 bridgehead atoms. The molecule has 3 N–H and O–H groups in total. The van der Waals surface area contributed by atoms with Gasteiger partial charge in [-0.15, -0.1) is 23.1 Å². The highest BCUT2D eigenvalue weighted by Gasteiger charge is 2.35. The molecule has 6 rings (SSSR count). The first-order valence-corrected chi connectivity index (χ1v) is 20.5. The summed E-state index contributed by atoms with van der Waals surface area (Å²) in [6.07, 6.45) is 4.26. The summed E-state index contributed by atoms with van der Waals surface area (Å²) < 4.78 is 5.43. The van der Waals surface area contributed by atoms with Crippen LogP contribution in [0.1, 0.15) is 77.8 Å². The topological polar surface area (TPSA) is 114 Å². The number of anilines is 2. The van der Waals surface area contributed by atoms with Gasteiger partial charge in [-0.1, -0.05) is 99.6 Å². The molecule has 1 aliphatic carbocycles. The van der Waals surface area contributed by atoms with Crippen LogP contribution in [0.25, 0.3) is 17.2 Å². The van der Waals surface area contributed by atoms with Crippen molar-refractivity contribution in [1.82, 2.24) is 5.32 Å². The minimum Gasteiger partial charge on any atom is -0.462 e. The third kappa shape index (κ3) is 10.0. The summed E-state index contributed by atoms with van der Waals surface area (Å²) in [6.45, 7) is 10.6. The van der Waals surface area contributed by atoms with E-state index in [-0.39, 0.29) is 23.6 Å². The van der Waals surface area contributed by atoms with E-state index < -0.39 is 23.0 Å². The van der Waals surface area contributed by atoms with E-state index in [2.05, 4.69) is 36.7 Å². The van der Waals surface area contributed by atoms with E-state index in [1.54, 1.807) is 55.5 Å². The number of carbonyl (C=O) groups excluding carboxylic acids is 4. The van der Waals surface area contributed by atoms with Crippen molar-refractivity contribution in [1.29, 1.82) is 0 Å². The van der Waals surface area contributed by atoms with Gasteiger partial charge in [0, 0.05) is 21.0 Å². The van der Waals surface area contributed by atoms with Gasteiger partial charge >= 0.3 is 5.97 Å². The molecule has 56 heavy (non-hydrogen) atoms. The number of thiophene rings is 1. The van der Waals surface area contributed by atoms with Gasteiger partial charge in [0.25, 0.3) is 11.8 Å². The first kappa shape index (κ1) is 40.2.